The van der Waals surface area contributed by atoms with Crippen LogP contribution in [0.2, 0.25) is 0 Å². The minimum Gasteiger partial charge on any atom is -0.354 e. The second-order valence-corrected chi connectivity index (χ2v) is 5.63. The van der Waals surface area contributed by atoms with E-state index in [-0.39, 0.29) is 5.82 Å². The Bertz CT molecular complexity index is 532. The van der Waals surface area contributed by atoms with Crippen LogP contribution in [-0.2, 0) is 0 Å². The molecule has 2 aromatic rings. The monoisotopic (exact) mass is 356 g/mol. The van der Waals surface area contributed by atoms with Crippen LogP contribution in [0.4, 0.5) is 14.7 Å². The third kappa shape index (κ3) is 5.71. The van der Waals surface area contributed by atoms with Gasteiger partial charge in [-0.05, 0) is 46.8 Å². The van der Waals surface area contributed by atoms with E-state index in [1.807, 2.05) is 0 Å². The van der Waals surface area contributed by atoms with E-state index in [4.69, 9.17) is 0 Å². The van der Waals surface area contributed by atoms with Gasteiger partial charge in [-0.2, -0.15) is 0 Å². The van der Waals surface area contributed by atoms with Gasteiger partial charge >= 0.3 is 0 Å². The third-order valence-corrected chi connectivity index (χ3v) is 3.38. The van der Waals surface area contributed by atoms with Crippen molar-refractivity contribution >= 4 is 21.9 Å². The van der Waals surface area contributed by atoms with Gasteiger partial charge in [0.15, 0.2) is 0 Å². The number of hydrogen-bond donors (Lipinski definition) is 1. The van der Waals surface area contributed by atoms with Crippen LogP contribution >= 0.6 is 15.9 Å². The summed E-state index contributed by atoms with van der Waals surface area (Å²) in [4.78, 5) is 11.6. The van der Waals surface area contributed by atoms with E-state index in [0.29, 0.717) is 24.7 Å². The van der Waals surface area contributed by atoms with Crippen LogP contribution in [-0.4, -0.2) is 27.7 Å². The van der Waals surface area contributed by atoms with Gasteiger partial charge in [0.25, 0.3) is 0 Å². The fourth-order valence-electron chi connectivity index (χ4n) is 1.80. The summed E-state index contributed by atoms with van der Waals surface area (Å²) in [6.07, 6.45) is 6.82. The fourth-order valence-corrected chi connectivity index (χ4v) is 2.01. The van der Waals surface area contributed by atoms with Crippen molar-refractivity contribution in [1.82, 2.24) is 15.0 Å². The van der Waals surface area contributed by atoms with Gasteiger partial charge in [-0.25, -0.2) is 18.7 Å². The first-order valence-corrected chi connectivity index (χ1v) is 7.34. The molecule has 0 radical (unpaired) electrons. The number of rotatable bonds is 3. The number of anilines is 1. The maximum atomic E-state index is 12.5. The zero-order valence-electron chi connectivity index (χ0n) is 11.2. The summed E-state index contributed by atoms with van der Waals surface area (Å²) in [7, 11) is 0. The first-order valence-electron chi connectivity index (χ1n) is 6.54. The van der Waals surface area contributed by atoms with Crippen LogP contribution in [0.3, 0.4) is 0 Å². The Labute approximate surface area is 130 Å². The Balaban J connectivity index is 0.000000194. The van der Waals surface area contributed by atoms with Crippen molar-refractivity contribution in [1.29, 1.82) is 0 Å². The largest absolute Gasteiger partial charge is 0.354 e. The lowest BCUT2D eigenvalue weighted by molar-refractivity contribution is 0.140. The first kappa shape index (κ1) is 15.8. The average molecular weight is 357 g/mol. The lowest BCUT2D eigenvalue weighted by atomic mass is 9.83. The molecular weight excluding hydrogens is 342 g/mol. The lowest BCUT2D eigenvalue weighted by Crippen LogP contribution is -2.30. The van der Waals surface area contributed by atoms with Gasteiger partial charge in [0.05, 0.1) is 10.7 Å². The molecule has 0 bridgehead atoms. The molecule has 1 aliphatic carbocycles. The highest BCUT2D eigenvalue weighted by molar-refractivity contribution is 9.10. The predicted molar refractivity (Wildman–Crippen MR) is 80.0 cm³/mol. The van der Waals surface area contributed by atoms with Crippen LogP contribution in [0.5, 0.6) is 0 Å². The summed E-state index contributed by atoms with van der Waals surface area (Å²) in [5.74, 6) is 0.759. The highest BCUT2D eigenvalue weighted by atomic mass is 79.9. The van der Waals surface area contributed by atoms with Gasteiger partial charge < -0.3 is 5.32 Å². The SMILES string of the molecule is FC1CC(CNc2ncc(Br)cn2)C1.Fc1cccnc1. The highest BCUT2D eigenvalue weighted by Crippen LogP contribution is 2.29. The summed E-state index contributed by atoms with van der Waals surface area (Å²) in [5.41, 5.74) is 0. The van der Waals surface area contributed by atoms with Crippen molar-refractivity contribution in [3.63, 3.8) is 0 Å². The molecule has 0 aromatic carbocycles. The second-order valence-electron chi connectivity index (χ2n) is 4.71. The molecule has 1 N–H and O–H groups in total. The fraction of sp³-hybridized carbons (Fsp3) is 0.357. The molecule has 1 fully saturated rings. The van der Waals surface area contributed by atoms with Crippen molar-refractivity contribution in [3.05, 3.63) is 47.2 Å². The molecule has 2 aromatic heterocycles. The van der Waals surface area contributed by atoms with Crippen LogP contribution in [0.1, 0.15) is 12.8 Å². The third-order valence-electron chi connectivity index (χ3n) is 2.97. The summed E-state index contributed by atoms with van der Waals surface area (Å²) >= 11 is 3.26. The van der Waals surface area contributed by atoms with E-state index in [9.17, 15) is 8.78 Å². The quantitative estimate of drug-likeness (QED) is 0.912. The molecule has 3 rings (SSSR count). The molecule has 0 saturated heterocycles. The van der Waals surface area contributed by atoms with Crippen LogP contribution < -0.4 is 5.32 Å². The molecule has 0 unspecified atom stereocenters. The molecule has 0 spiro atoms. The molecule has 4 nitrogen and oxygen atoms in total. The Hall–Kier alpha value is -1.63. The standard InChI is InChI=1S/C9H11BrFN3.C5H4FN/c10-7-4-13-9(14-5-7)12-3-6-1-8(11)2-6;6-5-2-1-3-7-4-5/h4-6,8H,1-3H2,(H,12,13,14);1-4H. The Morgan fingerprint density at radius 1 is 1.24 bits per heavy atom. The second kappa shape index (κ2) is 7.97. The summed E-state index contributed by atoms with van der Waals surface area (Å²) in [6.45, 7) is 0.766. The van der Waals surface area contributed by atoms with Gasteiger partial charge in [0, 0.05) is 25.1 Å². The van der Waals surface area contributed by atoms with Crippen molar-refractivity contribution in [2.45, 2.75) is 19.0 Å². The van der Waals surface area contributed by atoms with E-state index < -0.39 is 6.17 Å². The molecule has 112 valence electrons. The number of nitrogens with zero attached hydrogens (tertiary/aromatic N) is 3. The van der Waals surface area contributed by atoms with E-state index in [2.05, 4.69) is 36.2 Å². The van der Waals surface area contributed by atoms with Crippen molar-refractivity contribution < 1.29 is 8.78 Å². The number of hydrogen-bond acceptors (Lipinski definition) is 4. The van der Waals surface area contributed by atoms with Crippen molar-refractivity contribution in [2.24, 2.45) is 5.92 Å². The molecule has 2 heterocycles. The van der Waals surface area contributed by atoms with Gasteiger partial charge in [-0.3, -0.25) is 4.98 Å². The van der Waals surface area contributed by atoms with Crippen molar-refractivity contribution in [3.8, 4) is 0 Å². The molecule has 0 atom stereocenters. The molecule has 21 heavy (non-hydrogen) atoms. The molecule has 0 aliphatic heterocycles. The number of alkyl halides is 1. The van der Waals surface area contributed by atoms with Crippen LogP contribution in [0.15, 0.2) is 41.4 Å². The lowest BCUT2D eigenvalue weighted by Gasteiger charge is -2.29. The van der Waals surface area contributed by atoms with Gasteiger partial charge in [0.2, 0.25) is 5.95 Å². The van der Waals surface area contributed by atoms with Crippen molar-refractivity contribution in [2.75, 3.05) is 11.9 Å². The molecule has 0 amide bonds. The number of pyridine rings is 1. The maximum Gasteiger partial charge on any atom is 0.222 e. The topological polar surface area (TPSA) is 50.7 Å². The normalized spacial score (nSPS) is 20.0. The minimum atomic E-state index is -0.590. The van der Waals surface area contributed by atoms with E-state index in [1.165, 1.54) is 18.5 Å². The Morgan fingerprint density at radius 3 is 2.43 bits per heavy atom. The minimum absolute atomic E-state index is 0.289. The number of aromatic nitrogens is 3. The molecule has 1 aliphatic rings. The smallest absolute Gasteiger partial charge is 0.222 e. The zero-order valence-corrected chi connectivity index (χ0v) is 12.8. The average Bonchev–Trinajstić information content (AvgIpc) is 2.46. The Kier molecular flexibility index (Phi) is 5.98. The highest BCUT2D eigenvalue weighted by Gasteiger charge is 2.28. The molecule has 7 heteroatoms. The Morgan fingerprint density at radius 2 is 1.95 bits per heavy atom. The van der Waals surface area contributed by atoms with Crippen LogP contribution in [0, 0.1) is 11.7 Å². The van der Waals surface area contributed by atoms with Gasteiger partial charge in [0.1, 0.15) is 12.0 Å². The predicted octanol–water partition coefficient (Wildman–Crippen LogP) is 3.62. The van der Waals surface area contributed by atoms with E-state index >= 15 is 0 Å². The summed E-state index contributed by atoms with van der Waals surface area (Å²) < 4.78 is 25.2. The first-order chi connectivity index (χ1) is 10.1. The number of nitrogens with one attached hydrogen (secondary N) is 1. The van der Waals surface area contributed by atoms with Gasteiger partial charge in [-0.15, -0.1) is 0 Å². The maximum absolute atomic E-state index is 12.5. The number of halogens is 3. The summed E-state index contributed by atoms with van der Waals surface area (Å²) in [6, 6.07) is 2.91. The summed E-state index contributed by atoms with van der Waals surface area (Å²) in [5, 5.41) is 3.08. The van der Waals surface area contributed by atoms with E-state index in [1.54, 1.807) is 18.5 Å². The zero-order chi connectivity index (χ0) is 15.1. The molecular formula is C14H15BrF2N4. The van der Waals surface area contributed by atoms with Gasteiger partial charge in [-0.1, -0.05) is 0 Å². The van der Waals surface area contributed by atoms with E-state index in [0.717, 1.165) is 11.0 Å². The van der Waals surface area contributed by atoms with Crippen LogP contribution in [0.25, 0.3) is 0 Å². The molecule has 1 saturated carbocycles.